The van der Waals surface area contributed by atoms with Gasteiger partial charge in [-0.3, -0.25) is 4.79 Å². The van der Waals surface area contributed by atoms with Crippen LogP contribution in [-0.4, -0.2) is 41.6 Å². The summed E-state index contributed by atoms with van der Waals surface area (Å²) in [6, 6.07) is 0. The Kier molecular flexibility index (Phi) is 5.74. The molecule has 1 atom stereocenters. The standard InChI is InChI=1S/C11H14BrF6NO/c12-4-3-7-2-1-5-19(6-7)9(20)8(10(13,14)15)11(16,17)18/h7-8H,1-6H2. The Morgan fingerprint density at radius 2 is 1.75 bits per heavy atom. The van der Waals surface area contributed by atoms with Gasteiger partial charge in [0.1, 0.15) is 0 Å². The van der Waals surface area contributed by atoms with E-state index in [0.29, 0.717) is 29.5 Å². The molecule has 0 aromatic heterocycles. The van der Waals surface area contributed by atoms with Gasteiger partial charge in [-0.05, 0) is 25.2 Å². The zero-order valence-electron chi connectivity index (χ0n) is 10.4. The average Bonchev–Trinajstić information content (AvgIpc) is 2.25. The predicted molar refractivity (Wildman–Crippen MR) is 63.3 cm³/mol. The molecular weight excluding hydrogens is 356 g/mol. The van der Waals surface area contributed by atoms with E-state index in [2.05, 4.69) is 15.9 Å². The molecule has 0 N–H and O–H groups in total. The monoisotopic (exact) mass is 369 g/mol. The first-order chi connectivity index (χ1) is 9.07. The molecule has 1 fully saturated rings. The summed E-state index contributed by atoms with van der Waals surface area (Å²) in [6.45, 7) is -0.104. The molecule has 9 heteroatoms. The highest BCUT2D eigenvalue weighted by atomic mass is 79.9. The molecule has 0 spiro atoms. The number of hydrogen-bond donors (Lipinski definition) is 0. The Balaban J connectivity index is 2.85. The SMILES string of the molecule is O=C(C(C(F)(F)F)C(F)(F)F)N1CCCC(CCBr)C1. The van der Waals surface area contributed by atoms with E-state index >= 15 is 0 Å². The fraction of sp³-hybridized carbons (Fsp3) is 0.909. The number of amides is 1. The van der Waals surface area contributed by atoms with Crippen molar-refractivity contribution in [2.75, 3.05) is 18.4 Å². The number of rotatable bonds is 3. The van der Waals surface area contributed by atoms with Crippen molar-refractivity contribution in [2.45, 2.75) is 31.6 Å². The largest absolute Gasteiger partial charge is 0.409 e. The van der Waals surface area contributed by atoms with Crippen molar-refractivity contribution < 1.29 is 31.1 Å². The van der Waals surface area contributed by atoms with Crippen molar-refractivity contribution in [3.05, 3.63) is 0 Å². The minimum absolute atomic E-state index is 0.0485. The molecule has 0 bridgehead atoms. The highest BCUT2D eigenvalue weighted by Crippen LogP contribution is 2.41. The molecule has 1 aliphatic heterocycles. The van der Waals surface area contributed by atoms with Crippen molar-refractivity contribution in [3.63, 3.8) is 0 Å². The minimum Gasteiger partial charge on any atom is -0.342 e. The van der Waals surface area contributed by atoms with E-state index in [4.69, 9.17) is 0 Å². The maximum atomic E-state index is 12.5. The van der Waals surface area contributed by atoms with Crippen LogP contribution in [0.1, 0.15) is 19.3 Å². The lowest BCUT2D eigenvalue weighted by Gasteiger charge is -2.35. The smallest absolute Gasteiger partial charge is 0.342 e. The number of carbonyl (C=O) groups is 1. The zero-order valence-corrected chi connectivity index (χ0v) is 12.0. The highest BCUT2D eigenvalue weighted by molar-refractivity contribution is 9.09. The average molecular weight is 370 g/mol. The Hall–Kier alpha value is -0.470. The Morgan fingerprint density at radius 1 is 1.20 bits per heavy atom. The number of likely N-dealkylation sites (tertiary alicyclic amines) is 1. The maximum absolute atomic E-state index is 12.5. The topological polar surface area (TPSA) is 20.3 Å². The summed E-state index contributed by atoms with van der Waals surface area (Å²) in [6.07, 6.45) is -9.48. The first-order valence-electron chi connectivity index (χ1n) is 6.05. The van der Waals surface area contributed by atoms with Gasteiger partial charge in [0.05, 0.1) is 0 Å². The van der Waals surface area contributed by atoms with Crippen molar-refractivity contribution >= 4 is 21.8 Å². The molecule has 0 aliphatic carbocycles. The molecule has 118 valence electrons. The molecule has 0 aromatic carbocycles. The second-order valence-electron chi connectivity index (χ2n) is 4.79. The Labute approximate surface area is 120 Å². The first kappa shape index (κ1) is 17.6. The van der Waals surface area contributed by atoms with Crippen molar-refractivity contribution in [3.8, 4) is 0 Å². The summed E-state index contributed by atoms with van der Waals surface area (Å²) in [5.74, 6) is -5.86. The van der Waals surface area contributed by atoms with Gasteiger partial charge in [0.2, 0.25) is 11.8 Å². The van der Waals surface area contributed by atoms with Gasteiger partial charge in [0.25, 0.3) is 0 Å². The van der Waals surface area contributed by atoms with Gasteiger partial charge in [-0.2, -0.15) is 26.3 Å². The Bertz CT molecular complexity index is 327. The van der Waals surface area contributed by atoms with Gasteiger partial charge in [-0.1, -0.05) is 15.9 Å². The number of carbonyl (C=O) groups excluding carboxylic acids is 1. The van der Waals surface area contributed by atoms with Crippen molar-refractivity contribution in [1.29, 1.82) is 0 Å². The summed E-state index contributed by atoms with van der Waals surface area (Å²) in [4.78, 5) is 12.3. The van der Waals surface area contributed by atoms with E-state index in [9.17, 15) is 31.1 Å². The molecule has 0 aromatic rings. The second kappa shape index (κ2) is 6.53. The van der Waals surface area contributed by atoms with Crippen LogP contribution in [0.3, 0.4) is 0 Å². The number of halogens is 7. The molecule has 0 saturated carbocycles. The lowest BCUT2D eigenvalue weighted by molar-refractivity contribution is -0.278. The van der Waals surface area contributed by atoms with Crippen LogP contribution >= 0.6 is 15.9 Å². The molecule has 2 nitrogen and oxygen atoms in total. The molecule has 1 unspecified atom stereocenters. The fourth-order valence-corrected chi connectivity index (χ4v) is 2.95. The summed E-state index contributed by atoms with van der Waals surface area (Å²) in [5.41, 5.74) is 0. The lowest BCUT2D eigenvalue weighted by atomic mass is 9.94. The van der Waals surface area contributed by atoms with Crippen LogP contribution in [0.25, 0.3) is 0 Å². The molecule has 1 aliphatic rings. The van der Waals surface area contributed by atoms with E-state index in [-0.39, 0.29) is 19.0 Å². The summed E-state index contributed by atoms with van der Waals surface area (Å²) in [7, 11) is 0. The third kappa shape index (κ3) is 4.53. The van der Waals surface area contributed by atoms with Crippen LogP contribution in [0.5, 0.6) is 0 Å². The van der Waals surface area contributed by atoms with E-state index in [1.165, 1.54) is 0 Å². The molecule has 0 radical (unpaired) electrons. The maximum Gasteiger partial charge on any atom is 0.409 e. The van der Waals surface area contributed by atoms with Gasteiger partial charge < -0.3 is 4.90 Å². The molecule has 1 amide bonds. The van der Waals surface area contributed by atoms with Gasteiger partial charge in [0.15, 0.2) is 0 Å². The molecule has 1 heterocycles. The summed E-state index contributed by atoms with van der Waals surface area (Å²) < 4.78 is 74.9. The van der Waals surface area contributed by atoms with Crippen LogP contribution in [0.2, 0.25) is 0 Å². The number of piperidine rings is 1. The van der Waals surface area contributed by atoms with Crippen LogP contribution in [-0.2, 0) is 4.79 Å². The van der Waals surface area contributed by atoms with E-state index in [1.807, 2.05) is 0 Å². The normalized spacial score (nSPS) is 21.4. The van der Waals surface area contributed by atoms with Crippen LogP contribution in [0.4, 0.5) is 26.3 Å². The van der Waals surface area contributed by atoms with Crippen LogP contribution < -0.4 is 0 Å². The minimum atomic E-state index is -5.61. The van der Waals surface area contributed by atoms with Crippen molar-refractivity contribution in [2.24, 2.45) is 11.8 Å². The first-order valence-corrected chi connectivity index (χ1v) is 7.17. The molecule has 20 heavy (non-hydrogen) atoms. The molecule has 1 rings (SSSR count). The quantitative estimate of drug-likeness (QED) is 0.548. The van der Waals surface area contributed by atoms with E-state index in [0.717, 1.165) is 0 Å². The van der Waals surface area contributed by atoms with Crippen molar-refractivity contribution in [1.82, 2.24) is 4.90 Å². The molecule has 1 saturated heterocycles. The molecular formula is C11H14BrF6NO. The predicted octanol–water partition coefficient (Wildman–Crippen LogP) is 3.75. The van der Waals surface area contributed by atoms with Gasteiger partial charge >= 0.3 is 12.4 Å². The summed E-state index contributed by atoms with van der Waals surface area (Å²) in [5, 5.41) is 0.599. The third-order valence-electron chi connectivity index (χ3n) is 3.25. The Morgan fingerprint density at radius 3 is 2.20 bits per heavy atom. The number of nitrogens with zero attached hydrogens (tertiary/aromatic N) is 1. The van der Waals surface area contributed by atoms with E-state index < -0.39 is 24.2 Å². The highest BCUT2D eigenvalue weighted by Gasteiger charge is 2.62. The number of hydrogen-bond acceptors (Lipinski definition) is 1. The second-order valence-corrected chi connectivity index (χ2v) is 5.58. The number of alkyl halides is 7. The van der Waals surface area contributed by atoms with Gasteiger partial charge in [0, 0.05) is 18.4 Å². The van der Waals surface area contributed by atoms with Crippen LogP contribution in [0, 0.1) is 11.8 Å². The van der Waals surface area contributed by atoms with E-state index in [1.54, 1.807) is 0 Å². The summed E-state index contributed by atoms with van der Waals surface area (Å²) >= 11 is 3.17. The fourth-order valence-electron chi connectivity index (χ4n) is 2.30. The van der Waals surface area contributed by atoms with Gasteiger partial charge in [-0.15, -0.1) is 0 Å². The third-order valence-corrected chi connectivity index (χ3v) is 3.71. The van der Waals surface area contributed by atoms with Gasteiger partial charge in [-0.25, -0.2) is 0 Å². The van der Waals surface area contributed by atoms with Crippen LogP contribution in [0.15, 0.2) is 0 Å². The lowest BCUT2D eigenvalue weighted by Crippen LogP contribution is -2.52. The zero-order chi connectivity index (χ0) is 15.6.